The van der Waals surface area contributed by atoms with E-state index in [9.17, 15) is 9.90 Å². The summed E-state index contributed by atoms with van der Waals surface area (Å²) in [5.74, 6) is 1.25. The summed E-state index contributed by atoms with van der Waals surface area (Å²) < 4.78 is 5.39. The number of aryl methyl sites for hydroxylation is 2. The number of hydrogen-bond donors (Lipinski definition) is 2. The lowest BCUT2D eigenvalue weighted by Crippen LogP contribution is -2.23. The molecular weight excluding hydrogens is 314 g/mol. The zero-order valence-corrected chi connectivity index (χ0v) is 13.9. The van der Waals surface area contributed by atoms with Crippen molar-refractivity contribution < 1.29 is 14.3 Å². The van der Waals surface area contributed by atoms with Crippen LogP contribution >= 0.6 is 11.6 Å². The monoisotopic (exact) mass is 333 g/mol. The van der Waals surface area contributed by atoms with E-state index in [1.807, 2.05) is 38.1 Å². The van der Waals surface area contributed by atoms with Gasteiger partial charge in [0.25, 0.3) is 0 Å². The standard InChI is InChI=1S/C18H20ClNO3/c1-12-11-15(13(2)23-12)17(21)9-10-20-18(22)8-7-14-5-3-4-6-16(14)19/h3-8,11,17,21H,9-10H2,1-2H3,(H,20,22)/b8-7+. The lowest BCUT2D eigenvalue weighted by Gasteiger charge is -2.09. The Balaban J connectivity index is 1.81. The number of carbonyl (C=O) groups excluding carboxylic acids is 1. The van der Waals surface area contributed by atoms with Crippen molar-refractivity contribution in [2.45, 2.75) is 26.4 Å². The average Bonchev–Trinajstić information content (AvgIpc) is 2.85. The molecule has 0 aliphatic heterocycles. The molecule has 1 amide bonds. The molecule has 4 nitrogen and oxygen atoms in total. The number of nitrogens with one attached hydrogen (secondary N) is 1. The number of benzene rings is 1. The second-order valence-corrected chi connectivity index (χ2v) is 5.73. The van der Waals surface area contributed by atoms with Crippen molar-refractivity contribution in [2.24, 2.45) is 0 Å². The number of aliphatic hydroxyl groups excluding tert-OH is 1. The summed E-state index contributed by atoms with van der Waals surface area (Å²) in [6, 6.07) is 9.11. The van der Waals surface area contributed by atoms with Crippen LogP contribution in [0.4, 0.5) is 0 Å². The summed E-state index contributed by atoms with van der Waals surface area (Å²) in [5, 5.41) is 13.5. The van der Waals surface area contributed by atoms with Gasteiger partial charge in [0.05, 0.1) is 6.10 Å². The van der Waals surface area contributed by atoms with Crippen molar-refractivity contribution in [3.05, 3.63) is 64.1 Å². The predicted molar refractivity (Wildman–Crippen MR) is 91.3 cm³/mol. The van der Waals surface area contributed by atoms with Gasteiger partial charge in [0.1, 0.15) is 11.5 Å². The third-order valence-electron chi connectivity index (χ3n) is 3.47. The number of furan rings is 1. The second kappa shape index (κ2) is 7.99. The minimum absolute atomic E-state index is 0.225. The molecule has 122 valence electrons. The van der Waals surface area contributed by atoms with Crippen LogP contribution in [0, 0.1) is 13.8 Å². The van der Waals surface area contributed by atoms with Crippen molar-refractivity contribution in [2.75, 3.05) is 6.54 Å². The highest BCUT2D eigenvalue weighted by molar-refractivity contribution is 6.32. The lowest BCUT2D eigenvalue weighted by molar-refractivity contribution is -0.116. The minimum Gasteiger partial charge on any atom is -0.466 e. The van der Waals surface area contributed by atoms with Gasteiger partial charge in [-0.15, -0.1) is 0 Å². The highest BCUT2D eigenvalue weighted by atomic mass is 35.5. The normalized spacial score (nSPS) is 12.5. The molecule has 0 fully saturated rings. The van der Waals surface area contributed by atoms with Gasteiger partial charge in [-0.1, -0.05) is 29.8 Å². The number of aliphatic hydroxyl groups is 1. The van der Waals surface area contributed by atoms with Crippen LogP contribution in [-0.4, -0.2) is 17.6 Å². The highest BCUT2D eigenvalue weighted by Crippen LogP contribution is 2.23. The van der Waals surface area contributed by atoms with Crippen LogP contribution in [0.1, 0.15) is 35.2 Å². The molecule has 1 heterocycles. The van der Waals surface area contributed by atoms with E-state index >= 15 is 0 Å². The molecule has 1 unspecified atom stereocenters. The SMILES string of the molecule is Cc1cc(C(O)CCNC(=O)/C=C/c2ccccc2Cl)c(C)o1. The van der Waals surface area contributed by atoms with Crippen LogP contribution in [0.3, 0.4) is 0 Å². The van der Waals surface area contributed by atoms with E-state index in [2.05, 4.69) is 5.32 Å². The summed E-state index contributed by atoms with van der Waals surface area (Å²) in [7, 11) is 0. The molecule has 0 radical (unpaired) electrons. The maximum Gasteiger partial charge on any atom is 0.244 e. The summed E-state index contributed by atoms with van der Waals surface area (Å²) >= 11 is 6.01. The van der Waals surface area contributed by atoms with Gasteiger partial charge in [0.15, 0.2) is 0 Å². The molecule has 0 saturated carbocycles. The van der Waals surface area contributed by atoms with E-state index in [0.29, 0.717) is 23.7 Å². The molecule has 2 rings (SSSR count). The Bertz CT molecular complexity index is 706. The van der Waals surface area contributed by atoms with E-state index in [1.54, 1.807) is 12.1 Å². The van der Waals surface area contributed by atoms with Gasteiger partial charge in [-0.2, -0.15) is 0 Å². The van der Waals surface area contributed by atoms with Gasteiger partial charge in [0, 0.05) is 23.2 Å². The van der Waals surface area contributed by atoms with Crippen LogP contribution in [0.25, 0.3) is 6.08 Å². The lowest BCUT2D eigenvalue weighted by atomic mass is 10.1. The van der Waals surface area contributed by atoms with Crippen LogP contribution in [-0.2, 0) is 4.79 Å². The van der Waals surface area contributed by atoms with Crippen LogP contribution in [0.15, 0.2) is 40.8 Å². The molecule has 5 heteroatoms. The first kappa shape index (κ1) is 17.3. The Morgan fingerprint density at radius 3 is 2.78 bits per heavy atom. The van der Waals surface area contributed by atoms with Gasteiger partial charge >= 0.3 is 0 Å². The first-order valence-corrected chi connectivity index (χ1v) is 7.80. The zero-order chi connectivity index (χ0) is 16.8. The van der Waals surface area contributed by atoms with E-state index in [4.69, 9.17) is 16.0 Å². The van der Waals surface area contributed by atoms with E-state index in [1.165, 1.54) is 6.08 Å². The summed E-state index contributed by atoms with van der Waals surface area (Å²) in [6.07, 6.45) is 2.87. The molecule has 1 aromatic heterocycles. The fourth-order valence-corrected chi connectivity index (χ4v) is 2.50. The molecular formula is C18H20ClNO3. The van der Waals surface area contributed by atoms with Gasteiger partial charge in [-0.05, 0) is 44.0 Å². The molecule has 0 aliphatic rings. The average molecular weight is 334 g/mol. The zero-order valence-electron chi connectivity index (χ0n) is 13.2. The molecule has 2 N–H and O–H groups in total. The van der Waals surface area contributed by atoms with Crippen molar-refractivity contribution in [3.8, 4) is 0 Å². The third kappa shape index (κ3) is 4.98. The van der Waals surface area contributed by atoms with Crippen molar-refractivity contribution >= 4 is 23.6 Å². The number of amides is 1. The number of carbonyl (C=O) groups is 1. The molecule has 0 spiro atoms. The first-order chi connectivity index (χ1) is 11.0. The number of halogens is 1. The van der Waals surface area contributed by atoms with Crippen molar-refractivity contribution in [3.63, 3.8) is 0 Å². The van der Waals surface area contributed by atoms with Crippen LogP contribution in [0.2, 0.25) is 5.02 Å². The maximum absolute atomic E-state index is 11.8. The smallest absolute Gasteiger partial charge is 0.244 e. The van der Waals surface area contributed by atoms with Gasteiger partial charge < -0.3 is 14.8 Å². The summed E-state index contributed by atoms with van der Waals surface area (Å²) in [5.41, 5.74) is 1.55. The van der Waals surface area contributed by atoms with Crippen molar-refractivity contribution in [1.82, 2.24) is 5.32 Å². The Labute approximate surface area is 140 Å². The number of hydrogen-bond acceptors (Lipinski definition) is 3. The number of rotatable bonds is 6. The third-order valence-corrected chi connectivity index (χ3v) is 3.82. The van der Waals surface area contributed by atoms with E-state index in [-0.39, 0.29) is 5.91 Å². The molecule has 0 aliphatic carbocycles. The quantitative estimate of drug-likeness (QED) is 0.790. The fourth-order valence-electron chi connectivity index (χ4n) is 2.30. The predicted octanol–water partition coefficient (Wildman–Crippen LogP) is 3.80. The van der Waals surface area contributed by atoms with E-state index < -0.39 is 6.10 Å². The molecule has 1 atom stereocenters. The Hall–Kier alpha value is -2.04. The van der Waals surface area contributed by atoms with Gasteiger partial charge in [-0.25, -0.2) is 0 Å². The molecule has 2 aromatic rings. The van der Waals surface area contributed by atoms with Gasteiger partial charge in [0.2, 0.25) is 5.91 Å². The molecule has 0 bridgehead atoms. The van der Waals surface area contributed by atoms with Crippen LogP contribution < -0.4 is 5.32 Å². The maximum atomic E-state index is 11.8. The van der Waals surface area contributed by atoms with Gasteiger partial charge in [-0.3, -0.25) is 4.79 Å². The topological polar surface area (TPSA) is 62.5 Å². The van der Waals surface area contributed by atoms with Crippen molar-refractivity contribution in [1.29, 1.82) is 0 Å². The summed E-state index contributed by atoms with van der Waals surface area (Å²) in [4.78, 5) is 11.8. The van der Waals surface area contributed by atoms with Crippen LogP contribution in [0.5, 0.6) is 0 Å². The first-order valence-electron chi connectivity index (χ1n) is 7.43. The second-order valence-electron chi connectivity index (χ2n) is 5.32. The fraction of sp³-hybridized carbons (Fsp3) is 0.278. The highest BCUT2D eigenvalue weighted by Gasteiger charge is 2.14. The van der Waals surface area contributed by atoms with E-state index in [0.717, 1.165) is 16.9 Å². The Kier molecular flexibility index (Phi) is 6.02. The molecule has 1 aromatic carbocycles. The largest absolute Gasteiger partial charge is 0.466 e. The summed E-state index contributed by atoms with van der Waals surface area (Å²) in [6.45, 7) is 4.03. The molecule has 0 saturated heterocycles. The molecule has 23 heavy (non-hydrogen) atoms. The minimum atomic E-state index is -0.653. The Morgan fingerprint density at radius 2 is 2.13 bits per heavy atom. The Morgan fingerprint density at radius 1 is 1.39 bits per heavy atom.